The Morgan fingerprint density at radius 2 is 1.70 bits per heavy atom. The number of rotatable bonds is 8. The number of sulfonamides is 1. The van der Waals surface area contributed by atoms with Gasteiger partial charge in [0, 0.05) is 12.6 Å². The summed E-state index contributed by atoms with van der Waals surface area (Å²) in [4.78, 5) is 39.9. The highest BCUT2D eigenvalue weighted by Gasteiger charge is 2.43. The van der Waals surface area contributed by atoms with Crippen molar-refractivity contribution in [3.8, 4) is 5.75 Å². The van der Waals surface area contributed by atoms with Gasteiger partial charge in [-0.05, 0) is 50.6 Å². The minimum atomic E-state index is -4.15. The van der Waals surface area contributed by atoms with E-state index in [4.69, 9.17) is 4.74 Å². The van der Waals surface area contributed by atoms with Crippen LogP contribution in [0.3, 0.4) is 0 Å². The molecule has 0 fully saturated rings. The van der Waals surface area contributed by atoms with E-state index in [0.29, 0.717) is 15.6 Å². The summed E-state index contributed by atoms with van der Waals surface area (Å²) in [6.45, 7) is 4.50. The summed E-state index contributed by atoms with van der Waals surface area (Å²) in [5, 5.41) is 2.76. The highest BCUT2D eigenvalue weighted by atomic mass is 32.2. The maximum atomic E-state index is 13.3. The molecule has 3 amide bonds. The molecule has 1 aliphatic heterocycles. The smallest absolute Gasteiger partial charge is 0.269 e. The number of methoxy groups -OCH3 is 1. The number of hydrogen-bond acceptors (Lipinski definition) is 6. The molecule has 1 atom stereocenters. The zero-order valence-corrected chi connectivity index (χ0v) is 19.8. The Kier molecular flexibility index (Phi) is 7.06. The molecule has 1 aliphatic rings. The minimum Gasteiger partial charge on any atom is -0.497 e. The van der Waals surface area contributed by atoms with Gasteiger partial charge in [-0.1, -0.05) is 24.3 Å². The highest BCUT2D eigenvalue weighted by molar-refractivity contribution is 7.90. The van der Waals surface area contributed by atoms with Crippen molar-refractivity contribution < 1.29 is 27.5 Å². The first kappa shape index (κ1) is 24.2. The Balaban J connectivity index is 1.88. The Labute approximate surface area is 193 Å². The molecule has 1 N–H and O–H groups in total. The Hall–Kier alpha value is -3.40. The van der Waals surface area contributed by atoms with Gasteiger partial charge in [-0.25, -0.2) is 12.7 Å². The van der Waals surface area contributed by atoms with E-state index in [1.54, 1.807) is 51.1 Å². The van der Waals surface area contributed by atoms with Crippen LogP contribution < -0.4 is 10.1 Å². The summed E-state index contributed by atoms with van der Waals surface area (Å²) >= 11 is 0. The first-order valence-electron chi connectivity index (χ1n) is 10.4. The molecule has 0 aromatic heterocycles. The van der Waals surface area contributed by atoms with Crippen molar-refractivity contribution in [1.29, 1.82) is 0 Å². The van der Waals surface area contributed by atoms with Crippen molar-refractivity contribution in [3.63, 3.8) is 0 Å². The van der Waals surface area contributed by atoms with E-state index >= 15 is 0 Å². The van der Waals surface area contributed by atoms with Crippen LogP contribution in [0.15, 0.2) is 53.4 Å². The van der Waals surface area contributed by atoms with Gasteiger partial charge in [-0.3, -0.25) is 14.4 Å². The molecule has 0 bridgehead atoms. The maximum absolute atomic E-state index is 13.3. The maximum Gasteiger partial charge on any atom is 0.269 e. The molecular weight excluding hydrogens is 446 g/mol. The molecule has 2 aromatic carbocycles. The topological polar surface area (TPSA) is 113 Å². The lowest BCUT2D eigenvalue weighted by molar-refractivity contribution is -0.140. The number of nitrogens with zero attached hydrogens (tertiary/aromatic N) is 2. The SMILES string of the molecule is COc1ccc(CN(C(=O)CN2C(=O)c3ccccc3S2(=O)=O)C(C)C(=O)NC(C)C)cc1. The second kappa shape index (κ2) is 9.62. The van der Waals surface area contributed by atoms with Crippen LogP contribution in [0.4, 0.5) is 0 Å². The quantitative estimate of drug-likeness (QED) is 0.625. The predicted octanol–water partition coefficient (Wildman–Crippen LogP) is 1.78. The standard InChI is InChI=1S/C23H27N3O6S/c1-15(2)24-22(28)16(3)25(13-17-9-11-18(32-4)12-10-17)21(27)14-26-23(29)19-7-5-6-8-20(19)33(26,30)31/h5-12,15-16H,13-14H2,1-4H3,(H,24,28). The number of nitrogens with one attached hydrogen (secondary N) is 1. The lowest BCUT2D eigenvalue weighted by Crippen LogP contribution is -2.52. The zero-order valence-electron chi connectivity index (χ0n) is 18.9. The van der Waals surface area contributed by atoms with Crippen molar-refractivity contribution in [2.75, 3.05) is 13.7 Å². The molecule has 0 radical (unpaired) electrons. The number of carbonyl (C=O) groups excluding carboxylic acids is 3. The van der Waals surface area contributed by atoms with Crippen LogP contribution in [-0.4, -0.2) is 61.1 Å². The van der Waals surface area contributed by atoms with Crippen molar-refractivity contribution >= 4 is 27.7 Å². The summed E-state index contributed by atoms with van der Waals surface area (Å²) in [5.41, 5.74) is 0.741. The first-order valence-corrected chi connectivity index (χ1v) is 11.9. The van der Waals surface area contributed by atoms with Crippen molar-refractivity contribution in [2.45, 2.75) is 44.3 Å². The lowest BCUT2D eigenvalue weighted by atomic mass is 10.1. The third kappa shape index (κ3) is 5.00. The average Bonchev–Trinajstić information content (AvgIpc) is 2.97. The fourth-order valence-corrected chi connectivity index (χ4v) is 5.03. The average molecular weight is 474 g/mol. The van der Waals surface area contributed by atoms with Crippen LogP contribution in [-0.2, 0) is 26.2 Å². The largest absolute Gasteiger partial charge is 0.497 e. The molecule has 3 rings (SSSR count). The second-order valence-electron chi connectivity index (χ2n) is 8.02. The molecule has 33 heavy (non-hydrogen) atoms. The number of hydrogen-bond donors (Lipinski definition) is 1. The second-order valence-corrected chi connectivity index (χ2v) is 9.85. The predicted molar refractivity (Wildman–Crippen MR) is 121 cm³/mol. The highest BCUT2D eigenvalue weighted by Crippen LogP contribution is 2.30. The van der Waals surface area contributed by atoms with Crippen molar-refractivity contribution in [2.24, 2.45) is 0 Å². The number of benzene rings is 2. The molecule has 1 heterocycles. The molecule has 0 saturated carbocycles. The minimum absolute atomic E-state index is 0.0256. The summed E-state index contributed by atoms with van der Waals surface area (Å²) < 4.78 is 31.5. The molecule has 1 unspecified atom stereocenters. The molecule has 9 nitrogen and oxygen atoms in total. The number of fused-ring (bicyclic) bond motifs is 1. The van der Waals surface area contributed by atoms with Gasteiger partial charge >= 0.3 is 0 Å². The van der Waals surface area contributed by atoms with E-state index in [-0.39, 0.29) is 29.0 Å². The molecular formula is C23H27N3O6S. The van der Waals surface area contributed by atoms with E-state index in [9.17, 15) is 22.8 Å². The Morgan fingerprint density at radius 3 is 2.27 bits per heavy atom. The number of ether oxygens (including phenoxy) is 1. The van der Waals surface area contributed by atoms with Crippen LogP contribution in [0.25, 0.3) is 0 Å². The van der Waals surface area contributed by atoms with Crippen LogP contribution in [0.1, 0.15) is 36.7 Å². The van der Waals surface area contributed by atoms with Gasteiger partial charge in [0.15, 0.2) is 0 Å². The molecule has 0 aliphatic carbocycles. The van der Waals surface area contributed by atoms with Crippen LogP contribution in [0, 0.1) is 0 Å². The van der Waals surface area contributed by atoms with E-state index in [1.807, 2.05) is 0 Å². The van der Waals surface area contributed by atoms with Gasteiger partial charge in [-0.2, -0.15) is 0 Å². The van der Waals surface area contributed by atoms with Crippen LogP contribution in [0.2, 0.25) is 0 Å². The fraction of sp³-hybridized carbons (Fsp3) is 0.348. The third-order valence-corrected chi connectivity index (χ3v) is 7.09. The molecule has 2 aromatic rings. The van der Waals surface area contributed by atoms with Crippen LogP contribution >= 0.6 is 0 Å². The summed E-state index contributed by atoms with van der Waals surface area (Å²) in [6, 6.07) is 11.7. The van der Waals surface area contributed by atoms with E-state index in [1.165, 1.54) is 30.2 Å². The van der Waals surface area contributed by atoms with Gasteiger partial charge in [0.1, 0.15) is 23.2 Å². The van der Waals surface area contributed by atoms with E-state index in [0.717, 1.165) is 0 Å². The zero-order chi connectivity index (χ0) is 24.3. The molecule has 10 heteroatoms. The summed E-state index contributed by atoms with van der Waals surface area (Å²) in [7, 11) is -2.62. The molecule has 176 valence electrons. The normalized spacial score (nSPS) is 15.2. The van der Waals surface area contributed by atoms with Gasteiger partial charge in [-0.15, -0.1) is 0 Å². The van der Waals surface area contributed by atoms with E-state index in [2.05, 4.69) is 5.32 Å². The molecule has 0 spiro atoms. The van der Waals surface area contributed by atoms with Gasteiger partial charge in [0.05, 0.1) is 12.7 Å². The number of carbonyl (C=O) groups is 3. The number of amides is 3. The van der Waals surface area contributed by atoms with Crippen molar-refractivity contribution in [3.05, 3.63) is 59.7 Å². The van der Waals surface area contributed by atoms with Crippen LogP contribution in [0.5, 0.6) is 5.75 Å². The third-order valence-electron chi connectivity index (χ3n) is 5.30. The van der Waals surface area contributed by atoms with Gasteiger partial charge in [0.2, 0.25) is 11.8 Å². The molecule has 0 saturated heterocycles. The van der Waals surface area contributed by atoms with Gasteiger partial charge < -0.3 is 15.0 Å². The van der Waals surface area contributed by atoms with Crippen molar-refractivity contribution in [1.82, 2.24) is 14.5 Å². The van der Waals surface area contributed by atoms with Gasteiger partial charge in [0.25, 0.3) is 15.9 Å². The Bertz CT molecular complexity index is 1160. The fourth-order valence-electron chi connectivity index (χ4n) is 3.52. The Morgan fingerprint density at radius 1 is 1.06 bits per heavy atom. The summed E-state index contributed by atoms with van der Waals surface area (Å²) in [5.74, 6) is -1.18. The first-order chi connectivity index (χ1) is 15.6. The van der Waals surface area contributed by atoms with E-state index < -0.39 is 34.4 Å². The lowest BCUT2D eigenvalue weighted by Gasteiger charge is -2.30. The summed E-state index contributed by atoms with van der Waals surface area (Å²) in [6.07, 6.45) is 0. The monoisotopic (exact) mass is 473 g/mol.